The molecule has 0 aliphatic heterocycles. The van der Waals surface area contributed by atoms with E-state index in [9.17, 15) is 9.59 Å². The molecule has 1 aliphatic carbocycles. The lowest BCUT2D eigenvalue weighted by Gasteiger charge is -2.25. The van der Waals surface area contributed by atoms with Gasteiger partial charge in [-0.1, -0.05) is 35.7 Å². The summed E-state index contributed by atoms with van der Waals surface area (Å²) in [7, 11) is 0. The number of aromatic nitrogens is 3. The first-order valence-corrected chi connectivity index (χ1v) is 9.53. The first-order chi connectivity index (χ1) is 13.0. The van der Waals surface area contributed by atoms with Crippen molar-refractivity contribution < 1.29 is 9.53 Å². The fourth-order valence-corrected chi connectivity index (χ4v) is 3.65. The Kier molecular flexibility index (Phi) is 4.70. The van der Waals surface area contributed by atoms with Crippen molar-refractivity contribution in [3.63, 3.8) is 0 Å². The Balaban J connectivity index is 1.91. The summed E-state index contributed by atoms with van der Waals surface area (Å²) in [6, 6.07) is 5.09. The highest BCUT2D eigenvalue weighted by molar-refractivity contribution is 6.42. The second-order valence-electron chi connectivity index (χ2n) is 6.53. The third-order valence-electron chi connectivity index (χ3n) is 4.87. The smallest absolute Gasteiger partial charge is 0.359 e. The van der Waals surface area contributed by atoms with Gasteiger partial charge in [0.25, 0.3) is 5.56 Å². The number of fused-ring (bicyclic) bond motifs is 1. The molecule has 0 radical (unpaired) electrons. The van der Waals surface area contributed by atoms with Gasteiger partial charge in [-0.25, -0.2) is 9.31 Å². The molecule has 1 aromatic carbocycles. The summed E-state index contributed by atoms with van der Waals surface area (Å²) >= 11 is 12.1. The number of carbonyl (C=O) groups is 1. The zero-order valence-electron chi connectivity index (χ0n) is 14.6. The van der Waals surface area contributed by atoms with Crippen LogP contribution in [0.4, 0.5) is 0 Å². The summed E-state index contributed by atoms with van der Waals surface area (Å²) in [5, 5.41) is 5.20. The minimum Gasteiger partial charge on any atom is -0.461 e. The van der Waals surface area contributed by atoms with E-state index in [0.29, 0.717) is 32.4 Å². The zero-order valence-corrected chi connectivity index (χ0v) is 16.1. The van der Waals surface area contributed by atoms with Crippen LogP contribution in [0.1, 0.15) is 48.2 Å². The molecule has 140 valence electrons. The van der Waals surface area contributed by atoms with Crippen LogP contribution in [-0.4, -0.2) is 27.2 Å². The zero-order chi connectivity index (χ0) is 19.1. The Hall–Kier alpha value is -2.31. The number of ether oxygens (including phenoxy) is 1. The van der Waals surface area contributed by atoms with E-state index in [-0.39, 0.29) is 23.8 Å². The molecule has 2 heterocycles. The van der Waals surface area contributed by atoms with Crippen molar-refractivity contribution in [2.75, 3.05) is 6.61 Å². The number of esters is 1. The van der Waals surface area contributed by atoms with Crippen molar-refractivity contribution in [2.45, 2.75) is 32.1 Å². The summed E-state index contributed by atoms with van der Waals surface area (Å²) in [5.74, 6) is -0.350. The molecule has 0 atom stereocenters. The number of carbonyl (C=O) groups excluding carboxylic acids is 1. The molecular weight excluding hydrogens is 389 g/mol. The molecule has 0 unspecified atom stereocenters. The van der Waals surface area contributed by atoms with Crippen molar-refractivity contribution in [1.82, 2.24) is 14.6 Å². The molecule has 2 aromatic heterocycles. The Bertz CT molecular complexity index is 1100. The lowest BCUT2D eigenvalue weighted by molar-refractivity contribution is 0.0516. The predicted octanol–water partition coefficient (Wildman–Crippen LogP) is 4.44. The Labute approximate surface area is 165 Å². The number of rotatable bonds is 4. The highest BCUT2D eigenvalue weighted by Crippen LogP contribution is 2.40. The van der Waals surface area contributed by atoms with Crippen LogP contribution in [0.15, 0.2) is 29.2 Å². The van der Waals surface area contributed by atoms with Crippen LogP contribution >= 0.6 is 23.2 Å². The normalized spacial score (nSPS) is 14.3. The molecular formula is C19H17Cl2N3O3. The SMILES string of the molecule is CCOC(=O)c1nn2cc(-c3ccc(Cl)c(Cl)c3)[nH]c(=O)c2c1C1CCC1. The van der Waals surface area contributed by atoms with Gasteiger partial charge in [-0.05, 0) is 37.8 Å². The van der Waals surface area contributed by atoms with Crippen LogP contribution in [0.3, 0.4) is 0 Å². The predicted molar refractivity (Wildman–Crippen MR) is 104 cm³/mol. The minimum atomic E-state index is -0.501. The maximum Gasteiger partial charge on any atom is 0.359 e. The van der Waals surface area contributed by atoms with E-state index in [1.165, 1.54) is 4.52 Å². The van der Waals surface area contributed by atoms with Crippen LogP contribution in [-0.2, 0) is 4.74 Å². The van der Waals surface area contributed by atoms with Gasteiger partial charge in [0.05, 0.1) is 28.5 Å². The number of benzene rings is 1. The van der Waals surface area contributed by atoms with Gasteiger partial charge in [0.15, 0.2) is 5.69 Å². The van der Waals surface area contributed by atoms with Gasteiger partial charge in [-0.15, -0.1) is 0 Å². The third-order valence-corrected chi connectivity index (χ3v) is 5.61. The molecule has 1 saturated carbocycles. The molecule has 0 saturated heterocycles. The van der Waals surface area contributed by atoms with Gasteiger partial charge in [0.1, 0.15) is 5.52 Å². The molecule has 3 aromatic rings. The maximum atomic E-state index is 12.9. The molecule has 0 bridgehead atoms. The van der Waals surface area contributed by atoms with Crippen LogP contribution in [0, 0.1) is 0 Å². The van der Waals surface area contributed by atoms with E-state index in [4.69, 9.17) is 27.9 Å². The van der Waals surface area contributed by atoms with Gasteiger partial charge in [0.2, 0.25) is 0 Å². The Morgan fingerprint density at radius 2 is 2.11 bits per heavy atom. The molecule has 1 aliphatic rings. The van der Waals surface area contributed by atoms with Crippen LogP contribution in [0.2, 0.25) is 10.0 Å². The van der Waals surface area contributed by atoms with Crippen molar-refractivity contribution in [2.24, 2.45) is 0 Å². The van der Waals surface area contributed by atoms with E-state index >= 15 is 0 Å². The fraction of sp³-hybridized carbons (Fsp3) is 0.316. The number of hydrogen-bond acceptors (Lipinski definition) is 4. The Morgan fingerprint density at radius 3 is 2.74 bits per heavy atom. The molecule has 0 spiro atoms. The van der Waals surface area contributed by atoms with Crippen molar-refractivity contribution in [3.05, 3.63) is 56.1 Å². The summed E-state index contributed by atoms with van der Waals surface area (Å²) in [4.78, 5) is 28.1. The van der Waals surface area contributed by atoms with Crippen molar-refractivity contribution >= 4 is 34.7 Å². The lowest BCUT2D eigenvalue weighted by atomic mass is 9.79. The fourth-order valence-electron chi connectivity index (χ4n) is 3.35. The maximum absolute atomic E-state index is 12.9. The van der Waals surface area contributed by atoms with Gasteiger partial charge < -0.3 is 9.72 Å². The first-order valence-electron chi connectivity index (χ1n) is 8.77. The molecule has 0 amide bonds. The molecule has 6 nitrogen and oxygen atoms in total. The minimum absolute atomic E-state index is 0.152. The molecule has 1 fully saturated rings. The summed E-state index contributed by atoms with van der Waals surface area (Å²) in [6.07, 6.45) is 4.62. The van der Waals surface area contributed by atoms with Crippen LogP contribution in [0.5, 0.6) is 0 Å². The first kappa shape index (κ1) is 18.1. The monoisotopic (exact) mass is 405 g/mol. The molecule has 27 heavy (non-hydrogen) atoms. The van der Waals surface area contributed by atoms with E-state index in [1.807, 2.05) is 0 Å². The second kappa shape index (κ2) is 7.02. The molecule has 4 rings (SSSR count). The highest BCUT2D eigenvalue weighted by Gasteiger charge is 2.32. The number of halogens is 2. The van der Waals surface area contributed by atoms with E-state index in [0.717, 1.165) is 19.3 Å². The molecule has 1 N–H and O–H groups in total. The van der Waals surface area contributed by atoms with Gasteiger partial charge >= 0.3 is 5.97 Å². The average Bonchev–Trinajstić information content (AvgIpc) is 2.96. The van der Waals surface area contributed by atoms with Crippen molar-refractivity contribution in [3.8, 4) is 11.3 Å². The van der Waals surface area contributed by atoms with Crippen LogP contribution in [0.25, 0.3) is 16.8 Å². The van der Waals surface area contributed by atoms with Gasteiger partial charge in [-0.2, -0.15) is 5.10 Å². The van der Waals surface area contributed by atoms with Crippen molar-refractivity contribution in [1.29, 1.82) is 0 Å². The van der Waals surface area contributed by atoms with Crippen LogP contribution < -0.4 is 5.56 Å². The standard InChI is InChI=1S/C19H17Cl2N3O3/c1-2-27-19(26)16-15(10-4-3-5-10)17-18(25)22-14(9-24(17)23-16)11-6-7-12(20)13(21)8-11/h6-10H,2-5H2,1H3,(H,22,25). The number of aromatic amines is 1. The van der Waals surface area contributed by atoms with Gasteiger partial charge in [0, 0.05) is 11.1 Å². The van der Waals surface area contributed by atoms with E-state index < -0.39 is 5.97 Å². The number of nitrogens with zero attached hydrogens (tertiary/aromatic N) is 2. The lowest BCUT2D eigenvalue weighted by Crippen LogP contribution is -2.18. The highest BCUT2D eigenvalue weighted by atomic mass is 35.5. The largest absolute Gasteiger partial charge is 0.461 e. The number of hydrogen-bond donors (Lipinski definition) is 1. The number of nitrogens with one attached hydrogen (secondary N) is 1. The quantitative estimate of drug-likeness (QED) is 0.650. The van der Waals surface area contributed by atoms with Gasteiger partial charge in [-0.3, -0.25) is 4.79 Å². The third kappa shape index (κ3) is 3.13. The molecule has 8 heteroatoms. The number of H-pyrrole nitrogens is 1. The topological polar surface area (TPSA) is 76.5 Å². The summed E-state index contributed by atoms with van der Waals surface area (Å²) in [5.41, 5.74) is 2.22. The van der Waals surface area contributed by atoms with E-state index in [2.05, 4.69) is 10.1 Å². The second-order valence-corrected chi connectivity index (χ2v) is 7.34. The Morgan fingerprint density at radius 1 is 1.33 bits per heavy atom. The average molecular weight is 406 g/mol. The summed E-state index contributed by atoms with van der Waals surface area (Å²) < 4.78 is 6.61. The summed E-state index contributed by atoms with van der Waals surface area (Å²) in [6.45, 7) is 1.99. The van der Waals surface area contributed by atoms with E-state index in [1.54, 1.807) is 31.3 Å².